The fourth-order valence-electron chi connectivity index (χ4n) is 2.62. The summed E-state index contributed by atoms with van der Waals surface area (Å²) < 4.78 is 56.7. The summed E-state index contributed by atoms with van der Waals surface area (Å²) in [6, 6.07) is 2.13. The molecule has 1 N–H and O–H groups in total. The third-order valence-electron chi connectivity index (χ3n) is 3.88. The Morgan fingerprint density at radius 3 is 2.57 bits per heavy atom. The molecule has 0 amide bonds. The summed E-state index contributed by atoms with van der Waals surface area (Å²) in [6.07, 6.45) is 1.66. The van der Waals surface area contributed by atoms with Gasteiger partial charge in [-0.1, -0.05) is 0 Å². The molecule has 2 rings (SSSR count). The van der Waals surface area contributed by atoms with Crippen LogP contribution in [-0.4, -0.2) is 41.9 Å². The van der Waals surface area contributed by atoms with Gasteiger partial charge in [-0.15, -0.1) is 0 Å². The van der Waals surface area contributed by atoms with Crippen LogP contribution in [0.25, 0.3) is 0 Å². The molecule has 1 aromatic carbocycles. The quantitative estimate of drug-likeness (QED) is 0.851. The largest absolute Gasteiger partial charge is 0.493 e. The molecule has 130 valence electrons. The van der Waals surface area contributed by atoms with Crippen LogP contribution in [0, 0.1) is 11.7 Å². The highest BCUT2D eigenvalue weighted by Gasteiger charge is 2.25. The van der Waals surface area contributed by atoms with Crippen molar-refractivity contribution >= 4 is 10.0 Å². The van der Waals surface area contributed by atoms with Gasteiger partial charge in [-0.25, -0.2) is 17.5 Å². The average molecular weight is 347 g/mol. The molecule has 0 radical (unpaired) electrons. The van der Waals surface area contributed by atoms with Crippen molar-refractivity contribution in [3.63, 3.8) is 0 Å². The molecular weight excluding hydrogens is 325 g/mol. The summed E-state index contributed by atoms with van der Waals surface area (Å²) in [7, 11) is -1.25. The first-order valence-electron chi connectivity index (χ1n) is 7.40. The molecule has 0 bridgehead atoms. The second kappa shape index (κ2) is 7.46. The molecule has 23 heavy (non-hydrogen) atoms. The van der Waals surface area contributed by atoms with Crippen LogP contribution in [0.5, 0.6) is 11.5 Å². The topological polar surface area (TPSA) is 73.9 Å². The zero-order valence-corrected chi connectivity index (χ0v) is 14.3. The lowest BCUT2D eigenvalue weighted by Gasteiger charge is -2.27. The molecule has 1 saturated heterocycles. The van der Waals surface area contributed by atoms with Crippen molar-refractivity contribution in [1.29, 1.82) is 0 Å². The molecule has 0 unspecified atom stereocenters. The van der Waals surface area contributed by atoms with Crippen LogP contribution in [0.4, 0.5) is 4.39 Å². The maximum atomic E-state index is 14.1. The smallest absolute Gasteiger partial charge is 0.243 e. The first-order valence-corrected chi connectivity index (χ1v) is 8.88. The number of methoxy groups -OCH3 is 2. The minimum Gasteiger partial charge on any atom is -0.493 e. The van der Waals surface area contributed by atoms with Gasteiger partial charge in [0, 0.05) is 25.3 Å². The first kappa shape index (κ1) is 18.0. The van der Waals surface area contributed by atoms with Crippen molar-refractivity contribution < 1.29 is 27.0 Å². The number of rotatable bonds is 6. The Kier molecular flexibility index (Phi) is 5.83. The predicted molar refractivity (Wildman–Crippen MR) is 82.8 cm³/mol. The summed E-state index contributed by atoms with van der Waals surface area (Å²) in [5.41, 5.74) is 0. The van der Waals surface area contributed by atoms with Gasteiger partial charge in [-0.2, -0.15) is 0 Å². The Labute approximate surface area is 136 Å². The summed E-state index contributed by atoms with van der Waals surface area (Å²) in [5.74, 6) is -0.400. The van der Waals surface area contributed by atoms with Crippen molar-refractivity contribution in [3.8, 4) is 11.5 Å². The second-order valence-electron chi connectivity index (χ2n) is 5.56. The Morgan fingerprint density at radius 1 is 1.30 bits per heavy atom. The third-order valence-corrected chi connectivity index (χ3v) is 5.32. The number of hydrogen-bond acceptors (Lipinski definition) is 5. The highest BCUT2D eigenvalue weighted by molar-refractivity contribution is 7.89. The van der Waals surface area contributed by atoms with Crippen LogP contribution in [0.1, 0.15) is 19.8 Å². The third kappa shape index (κ3) is 4.33. The van der Waals surface area contributed by atoms with Crippen LogP contribution in [0.3, 0.4) is 0 Å². The fraction of sp³-hybridized carbons (Fsp3) is 0.600. The van der Waals surface area contributed by atoms with Crippen LogP contribution in [-0.2, 0) is 14.8 Å². The zero-order valence-electron chi connectivity index (χ0n) is 13.5. The number of ether oxygens (including phenoxy) is 3. The van der Waals surface area contributed by atoms with Crippen LogP contribution >= 0.6 is 0 Å². The van der Waals surface area contributed by atoms with Gasteiger partial charge < -0.3 is 14.2 Å². The van der Waals surface area contributed by atoms with E-state index in [1.165, 1.54) is 14.2 Å². The Balaban J connectivity index is 2.15. The van der Waals surface area contributed by atoms with Crippen molar-refractivity contribution in [1.82, 2.24) is 4.72 Å². The molecule has 6 nitrogen and oxygen atoms in total. The number of sulfonamides is 1. The molecular formula is C15H22FNO5S. The van der Waals surface area contributed by atoms with Gasteiger partial charge in [0.2, 0.25) is 10.0 Å². The van der Waals surface area contributed by atoms with E-state index in [1.54, 1.807) is 0 Å². The molecule has 0 aromatic heterocycles. The molecule has 0 spiro atoms. The Morgan fingerprint density at radius 2 is 1.96 bits per heavy atom. The van der Waals surface area contributed by atoms with Crippen molar-refractivity contribution in [2.75, 3.05) is 27.4 Å². The molecule has 1 aliphatic rings. The SMILES string of the molecule is COc1cc(F)c(S(=O)(=O)NC[C@@H]2CCO[C@H](C)C2)cc1OC. The van der Waals surface area contributed by atoms with Gasteiger partial charge in [-0.05, 0) is 25.7 Å². The molecule has 1 aliphatic heterocycles. The van der Waals surface area contributed by atoms with Gasteiger partial charge in [0.1, 0.15) is 10.7 Å². The van der Waals surface area contributed by atoms with Crippen LogP contribution in [0.2, 0.25) is 0 Å². The lowest BCUT2D eigenvalue weighted by atomic mass is 9.97. The van der Waals surface area contributed by atoms with Gasteiger partial charge in [0.15, 0.2) is 11.5 Å². The van der Waals surface area contributed by atoms with E-state index in [-0.39, 0.29) is 30.1 Å². The van der Waals surface area contributed by atoms with Crippen molar-refractivity contribution in [2.24, 2.45) is 5.92 Å². The standard InChI is InChI=1S/C15H22FNO5S/c1-10-6-11(4-5-22-10)9-17-23(18,19)15-8-14(21-3)13(20-2)7-12(15)16/h7-8,10-11,17H,4-6,9H2,1-3H3/t10-,11-/m1/s1. The lowest BCUT2D eigenvalue weighted by Crippen LogP contribution is -2.34. The van der Waals surface area contributed by atoms with E-state index in [0.717, 1.165) is 25.0 Å². The van der Waals surface area contributed by atoms with E-state index in [4.69, 9.17) is 14.2 Å². The highest BCUT2D eigenvalue weighted by Crippen LogP contribution is 2.32. The van der Waals surface area contributed by atoms with E-state index in [0.29, 0.717) is 6.61 Å². The summed E-state index contributed by atoms with van der Waals surface area (Å²) >= 11 is 0. The summed E-state index contributed by atoms with van der Waals surface area (Å²) in [5, 5.41) is 0. The average Bonchev–Trinajstić information content (AvgIpc) is 2.52. The van der Waals surface area contributed by atoms with E-state index in [1.807, 2.05) is 6.92 Å². The van der Waals surface area contributed by atoms with Crippen LogP contribution in [0.15, 0.2) is 17.0 Å². The molecule has 0 aliphatic carbocycles. The van der Waals surface area contributed by atoms with Crippen molar-refractivity contribution in [2.45, 2.75) is 30.8 Å². The number of halogens is 1. The minimum atomic E-state index is -3.97. The molecule has 1 heterocycles. The van der Waals surface area contributed by atoms with E-state index in [9.17, 15) is 12.8 Å². The maximum absolute atomic E-state index is 14.1. The van der Waals surface area contributed by atoms with Crippen molar-refractivity contribution in [3.05, 3.63) is 17.9 Å². The second-order valence-corrected chi connectivity index (χ2v) is 7.30. The van der Waals surface area contributed by atoms with Gasteiger partial charge in [0.25, 0.3) is 0 Å². The van der Waals surface area contributed by atoms with Gasteiger partial charge >= 0.3 is 0 Å². The Hall–Kier alpha value is -1.38. The van der Waals surface area contributed by atoms with Crippen LogP contribution < -0.4 is 14.2 Å². The first-order chi connectivity index (χ1) is 10.9. The predicted octanol–water partition coefficient (Wildman–Crippen LogP) is 1.94. The Bertz CT molecular complexity index is 650. The summed E-state index contributed by atoms with van der Waals surface area (Å²) in [4.78, 5) is -0.449. The molecule has 1 fully saturated rings. The zero-order chi connectivity index (χ0) is 17.0. The monoisotopic (exact) mass is 347 g/mol. The molecule has 8 heteroatoms. The molecule has 0 saturated carbocycles. The normalized spacial score (nSPS) is 21.9. The number of hydrogen-bond donors (Lipinski definition) is 1. The van der Waals surface area contributed by atoms with E-state index < -0.39 is 20.7 Å². The van der Waals surface area contributed by atoms with Gasteiger partial charge in [-0.3, -0.25) is 0 Å². The van der Waals surface area contributed by atoms with E-state index in [2.05, 4.69) is 4.72 Å². The minimum absolute atomic E-state index is 0.107. The molecule has 2 atom stereocenters. The maximum Gasteiger partial charge on any atom is 0.243 e. The number of nitrogens with one attached hydrogen (secondary N) is 1. The van der Waals surface area contributed by atoms with E-state index >= 15 is 0 Å². The highest BCUT2D eigenvalue weighted by atomic mass is 32.2. The lowest BCUT2D eigenvalue weighted by molar-refractivity contribution is 0.00397. The van der Waals surface area contributed by atoms with Gasteiger partial charge in [0.05, 0.1) is 20.3 Å². The number of benzene rings is 1. The fourth-order valence-corrected chi connectivity index (χ4v) is 3.81. The summed E-state index contributed by atoms with van der Waals surface area (Å²) in [6.45, 7) is 2.82. The molecule has 1 aromatic rings.